The molecular weight excluding hydrogens is 285 g/mol. The third-order valence-corrected chi connectivity index (χ3v) is 6.15. The highest BCUT2D eigenvalue weighted by atomic mass is 32.1. The molecule has 0 amide bonds. The van der Waals surface area contributed by atoms with Crippen LogP contribution in [0.2, 0.25) is 0 Å². The lowest BCUT2D eigenvalue weighted by Crippen LogP contribution is -2.45. The third kappa shape index (κ3) is 2.37. The Balaban J connectivity index is 1.79. The van der Waals surface area contributed by atoms with Crippen molar-refractivity contribution >= 4 is 11.3 Å². The van der Waals surface area contributed by atoms with Gasteiger partial charge in [-0.05, 0) is 52.0 Å². The fourth-order valence-electron chi connectivity index (χ4n) is 3.40. The first kappa shape index (κ1) is 14.3. The molecule has 1 heterocycles. The number of thiazole rings is 1. The molecule has 2 aliphatic rings. The van der Waals surface area contributed by atoms with Gasteiger partial charge in [-0.15, -0.1) is 11.3 Å². The van der Waals surface area contributed by atoms with E-state index in [1.807, 2.05) is 7.05 Å². The Labute approximate surface area is 120 Å². The molecule has 1 aromatic heterocycles. The van der Waals surface area contributed by atoms with Crippen LogP contribution < -0.4 is 5.32 Å². The van der Waals surface area contributed by atoms with Gasteiger partial charge in [0.2, 0.25) is 0 Å². The van der Waals surface area contributed by atoms with Crippen LogP contribution in [0.25, 0.3) is 0 Å². The number of hydrogen-bond donors (Lipinski definition) is 1. The molecule has 0 saturated heterocycles. The van der Waals surface area contributed by atoms with Gasteiger partial charge in [-0.2, -0.15) is 13.2 Å². The average Bonchev–Trinajstić information content (AvgIpc) is 2.98. The van der Waals surface area contributed by atoms with Crippen molar-refractivity contribution in [2.24, 2.45) is 5.92 Å². The maximum Gasteiger partial charge on any atom is 0.391 e. The van der Waals surface area contributed by atoms with E-state index in [-0.39, 0.29) is 18.4 Å². The Bertz CT molecular complexity index is 466. The van der Waals surface area contributed by atoms with Crippen LogP contribution in [0.5, 0.6) is 0 Å². The predicted octanol–water partition coefficient (Wildman–Crippen LogP) is 3.80. The lowest BCUT2D eigenvalue weighted by Gasteiger charge is -2.39. The highest BCUT2D eigenvalue weighted by Gasteiger charge is 2.47. The largest absolute Gasteiger partial charge is 0.391 e. The zero-order valence-electron chi connectivity index (χ0n) is 11.5. The van der Waals surface area contributed by atoms with Gasteiger partial charge in [0.15, 0.2) is 0 Å². The highest BCUT2D eigenvalue weighted by molar-refractivity contribution is 7.12. The van der Waals surface area contributed by atoms with Crippen LogP contribution in [0.4, 0.5) is 13.2 Å². The summed E-state index contributed by atoms with van der Waals surface area (Å²) < 4.78 is 38.4. The molecule has 1 aromatic rings. The van der Waals surface area contributed by atoms with Gasteiger partial charge in [0, 0.05) is 4.88 Å². The summed E-state index contributed by atoms with van der Waals surface area (Å²) in [4.78, 5) is 6.06. The number of nitrogens with zero attached hydrogens (tertiary/aromatic N) is 1. The van der Waals surface area contributed by atoms with E-state index in [0.29, 0.717) is 12.8 Å². The molecule has 20 heavy (non-hydrogen) atoms. The van der Waals surface area contributed by atoms with Gasteiger partial charge in [0.05, 0.1) is 17.2 Å². The number of rotatable bonds is 2. The first-order valence-corrected chi connectivity index (χ1v) is 8.01. The van der Waals surface area contributed by atoms with E-state index in [1.54, 1.807) is 11.3 Å². The number of fused-ring (bicyclic) bond motifs is 1. The molecule has 1 saturated carbocycles. The Morgan fingerprint density at radius 1 is 1.25 bits per heavy atom. The molecule has 0 atom stereocenters. The summed E-state index contributed by atoms with van der Waals surface area (Å²) in [7, 11) is 1.85. The molecule has 1 N–H and O–H groups in total. The van der Waals surface area contributed by atoms with Crippen molar-refractivity contribution in [3.05, 3.63) is 15.6 Å². The van der Waals surface area contributed by atoms with E-state index in [9.17, 15) is 13.2 Å². The van der Waals surface area contributed by atoms with Crippen molar-refractivity contribution < 1.29 is 13.2 Å². The van der Waals surface area contributed by atoms with Crippen LogP contribution in [0.15, 0.2) is 0 Å². The lowest BCUT2D eigenvalue weighted by atomic mass is 9.76. The van der Waals surface area contributed by atoms with Crippen molar-refractivity contribution in [2.75, 3.05) is 7.05 Å². The molecule has 2 nitrogen and oxygen atoms in total. The molecule has 0 spiro atoms. The molecule has 0 unspecified atom stereocenters. The van der Waals surface area contributed by atoms with Gasteiger partial charge >= 0.3 is 6.18 Å². The van der Waals surface area contributed by atoms with Gasteiger partial charge in [-0.3, -0.25) is 0 Å². The van der Waals surface area contributed by atoms with Crippen molar-refractivity contribution in [3.8, 4) is 0 Å². The normalized spacial score (nSPS) is 30.5. The predicted molar refractivity (Wildman–Crippen MR) is 72.9 cm³/mol. The van der Waals surface area contributed by atoms with Gasteiger partial charge in [-0.1, -0.05) is 0 Å². The van der Waals surface area contributed by atoms with Gasteiger partial charge in [0.25, 0.3) is 0 Å². The van der Waals surface area contributed by atoms with Crippen LogP contribution in [0.3, 0.4) is 0 Å². The number of alkyl halides is 3. The summed E-state index contributed by atoms with van der Waals surface area (Å²) in [6, 6.07) is 0. The number of nitrogens with one attached hydrogen (secondary N) is 1. The number of hydrogen-bond acceptors (Lipinski definition) is 3. The molecule has 0 aromatic carbocycles. The molecule has 3 rings (SSSR count). The summed E-state index contributed by atoms with van der Waals surface area (Å²) in [5.74, 6) is -1.14. The van der Waals surface area contributed by atoms with Crippen LogP contribution in [-0.4, -0.2) is 18.2 Å². The molecule has 2 aliphatic carbocycles. The minimum Gasteiger partial charge on any atom is -0.308 e. The van der Waals surface area contributed by atoms with Gasteiger partial charge < -0.3 is 5.32 Å². The van der Waals surface area contributed by atoms with Gasteiger partial charge in [-0.25, -0.2) is 4.98 Å². The Morgan fingerprint density at radius 2 is 1.95 bits per heavy atom. The Hall–Kier alpha value is -0.620. The molecule has 0 bridgehead atoms. The minimum atomic E-state index is -4.05. The first-order valence-electron chi connectivity index (χ1n) is 7.19. The van der Waals surface area contributed by atoms with Crippen LogP contribution in [0.1, 0.15) is 47.7 Å². The summed E-state index contributed by atoms with van der Waals surface area (Å²) in [5.41, 5.74) is 0.842. The standard InChI is InChI=1S/C14H19F3N2S/c1-18-13(7-5-9(6-8-13)14(15,16)17)12-19-10-3-2-4-11(10)20-12/h9,18H,2-8H2,1H3. The van der Waals surface area contributed by atoms with Crippen LogP contribution >= 0.6 is 11.3 Å². The zero-order chi connectivity index (χ0) is 14.4. The second-order valence-electron chi connectivity index (χ2n) is 5.89. The SMILES string of the molecule is CNC1(c2nc3c(s2)CCC3)CCC(C(F)(F)F)CC1. The molecule has 6 heteroatoms. The van der Waals surface area contributed by atoms with Crippen molar-refractivity contribution in [1.82, 2.24) is 10.3 Å². The molecule has 1 fully saturated rings. The third-order valence-electron chi connectivity index (χ3n) is 4.79. The minimum absolute atomic E-state index is 0.203. The Kier molecular flexibility index (Phi) is 3.57. The molecular formula is C14H19F3N2S. The highest BCUT2D eigenvalue weighted by Crippen LogP contribution is 2.46. The van der Waals surface area contributed by atoms with E-state index in [2.05, 4.69) is 5.32 Å². The maximum absolute atomic E-state index is 12.8. The van der Waals surface area contributed by atoms with E-state index in [1.165, 1.54) is 10.6 Å². The van der Waals surface area contributed by atoms with Gasteiger partial charge in [0.1, 0.15) is 5.01 Å². The van der Waals surface area contributed by atoms with E-state index >= 15 is 0 Å². The van der Waals surface area contributed by atoms with Crippen LogP contribution in [-0.2, 0) is 18.4 Å². The van der Waals surface area contributed by atoms with Crippen LogP contribution in [0, 0.1) is 5.92 Å². The fraction of sp³-hybridized carbons (Fsp3) is 0.786. The summed E-state index contributed by atoms with van der Waals surface area (Å²) in [6.45, 7) is 0. The summed E-state index contributed by atoms with van der Waals surface area (Å²) >= 11 is 1.71. The second kappa shape index (κ2) is 4.98. The quantitative estimate of drug-likeness (QED) is 0.899. The molecule has 0 radical (unpaired) electrons. The van der Waals surface area contributed by atoms with Crippen molar-refractivity contribution in [3.63, 3.8) is 0 Å². The zero-order valence-corrected chi connectivity index (χ0v) is 12.3. The monoisotopic (exact) mass is 304 g/mol. The smallest absolute Gasteiger partial charge is 0.308 e. The number of aromatic nitrogens is 1. The van der Waals surface area contributed by atoms with Crippen molar-refractivity contribution in [1.29, 1.82) is 0 Å². The number of halogens is 3. The fourth-order valence-corrected chi connectivity index (χ4v) is 4.81. The van der Waals surface area contributed by atoms with E-state index in [0.717, 1.165) is 24.3 Å². The van der Waals surface area contributed by atoms with E-state index in [4.69, 9.17) is 4.98 Å². The Morgan fingerprint density at radius 3 is 2.50 bits per heavy atom. The second-order valence-corrected chi connectivity index (χ2v) is 6.97. The first-order chi connectivity index (χ1) is 9.44. The topological polar surface area (TPSA) is 24.9 Å². The average molecular weight is 304 g/mol. The lowest BCUT2D eigenvalue weighted by molar-refractivity contribution is -0.185. The molecule has 112 valence electrons. The maximum atomic E-state index is 12.8. The van der Waals surface area contributed by atoms with E-state index < -0.39 is 12.1 Å². The number of aryl methyl sites for hydroxylation is 2. The molecule has 0 aliphatic heterocycles. The summed E-state index contributed by atoms with van der Waals surface area (Å²) in [5, 5.41) is 4.28. The van der Waals surface area contributed by atoms with Crippen molar-refractivity contribution in [2.45, 2.75) is 56.7 Å². The summed E-state index contributed by atoms with van der Waals surface area (Å²) in [6.07, 6.45) is 0.680.